The van der Waals surface area contributed by atoms with Crippen molar-refractivity contribution in [1.82, 2.24) is 5.32 Å². The van der Waals surface area contributed by atoms with Gasteiger partial charge in [0.2, 0.25) is 0 Å². The Balaban J connectivity index is 2.61. The number of ether oxygens (including phenoxy) is 1. The maximum Gasteiger partial charge on any atom is 0.118 e. The van der Waals surface area contributed by atoms with E-state index in [1.807, 2.05) is 31.2 Å². The van der Waals surface area contributed by atoms with E-state index in [4.69, 9.17) is 4.74 Å². The Morgan fingerprint density at radius 2 is 1.88 bits per heavy atom. The molecule has 1 rings (SSSR count). The van der Waals surface area contributed by atoms with Crippen LogP contribution >= 0.6 is 0 Å². The van der Waals surface area contributed by atoms with Crippen molar-refractivity contribution in [3.05, 3.63) is 29.8 Å². The summed E-state index contributed by atoms with van der Waals surface area (Å²) >= 11 is 0. The van der Waals surface area contributed by atoms with E-state index in [0.717, 1.165) is 17.9 Å². The van der Waals surface area contributed by atoms with Gasteiger partial charge in [-0.3, -0.25) is 0 Å². The first kappa shape index (κ1) is 14.0. The summed E-state index contributed by atoms with van der Waals surface area (Å²) in [5, 5.41) is 13.6. The molecule has 3 nitrogen and oxygen atoms in total. The van der Waals surface area contributed by atoms with E-state index in [1.54, 1.807) is 7.11 Å². The van der Waals surface area contributed by atoms with Gasteiger partial charge in [-0.2, -0.15) is 0 Å². The van der Waals surface area contributed by atoms with Crippen LogP contribution in [0.1, 0.15) is 26.3 Å². The van der Waals surface area contributed by atoms with Crippen LogP contribution in [0, 0.1) is 5.92 Å². The van der Waals surface area contributed by atoms with Gasteiger partial charge in [-0.15, -0.1) is 0 Å². The van der Waals surface area contributed by atoms with E-state index in [1.165, 1.54) is 0 Å². The van der Waals surface area contributed by atoms with Crippen LogP contribution in [0.15, 0.2) is 24.3 Å². The highest BCUT2D eigenvalue weighted by atomic mass is 16.5. The lowest BCUT2D eigenvalue weighted by molar-refractivity contribution is 0.0564. The number of hydrogen-bond acceptors (Lipinski definition) is 3. The van der Waals surface area contributed by atoms with Crippen LogP contribution in [0.3, 0.4) is 0 Å². The minimum Gasteiger partial charge on any atom is -0.497 e. The molecule has 0 saturated carbocycles. The number of hydrogen-bond donors (Lipinski definition) is 2. The third-order valence-electron chi connectivity index (χ3n) is 2.73. The summed E-state index contributed by atoms with van der Waals surface area (Å²) in [6, 6.07) is 7.53. The van der Waals surface area contributed by atoms with Crippen molar-refractivity contribution in [2.24, 2.45) is 5.92 Å². The second kappa shape index (κ2) is 6.03. The van der Waals surface area contributed by atoms with Crippen LogP contribution in [-0.4, -0.2) is 25.3 Å². The molecule has 1 unspecified atom stereocenters. The smallest absolute Gasteiger partial charge is 0.118 e. The van der Waals surface area contributed by atoms with Crippen LogP contribution in [0.5, 0.6) is 5.75 Å². The van der Waals surface area contributed by atoms with E-state index in [-0.39, 0.29) is 0 Å². The highest BCUT2D eigenvalue weighted by molar-refractivity contribution is 5.30. The normalized spacial score (nSPS) is 14.7. The van der Waals surface area contributed by atoms with Gasteiger partial charge in [0.25, 0.3) is 0 Å². The molecule has 3 heteroatoms. The maximum absolute atomic E-state index is 10.4. The van der Waals surface area contributed by atoms with Gasteiger partial charge < -0.3 is 15.2 Å². The number of nitrogens with one attached hydrogen (secondary N) is 1. The lowest BCUT2D eigenvalue weighted by atomic mass is 9.96. The Labute approximate surface area is 104 Å². The summed E-state index contributed by atoms with van der Waals surface area (Å²) in [4.78, 5) is 0. The molecule has 0 aliphatic rings. The second-order valence-electron chi connectivity index (χ2n) is 5.03. The average Bonchev–Trinajstić information content (AvgIpc) is 2.28. The molecule has 0 saturated heterocycles. The van der Waals surface area contributed by atoms with Gasteiger partial charge in [0.1, 0.15) is 5.75 Å². The monoisotopic (exact) mass is 237 g/mol. The fourth-order valence-corrected chi connectivity index (χ4v) is 1.66. The SMILES string of the molecule is COc1ccc(C(C)(O)CNCC(C)C)cc1. The molecule has 0 spiro atoms. The molecule has 2 N–H and O–H groups in total. The van der Waals surface area contributed by atoms with Gasteiger partial charge in [0.15, 0.2) is 0 Å². The van der Waals surface area contributed by atoms with Crippen molar-refractivity contribution in [3.8, 4) is 5.75 Å². The molecule has 96 valence electrons. The molecule has 17 heavy (non-hydrogen) atoms. The molecule has 0 fully saturated rings. The lowest BCUT2D eigenvalue weighted by Crippen LogP contribution is -2.36. The zero-order valence-electron chi connectivity index (χ0n) is 11.2. The molecule has 0 bridgehead atoms. The van der Waals surface area contributed by atoms with Gasteiger partial charge in [-0.1, -0.05) is 26.0 Å². The summed E-state index contributed by atoms with van der Waals surface area (Å²) in [5.41, 5.74) is 0.0517. The zero-order chi connectivity index (χ0) is 12.9. The average molecular weight is 237 g/mol. The molecule has 1 aromatic rings. The molecule has 0 aliphatic heterocycles. The van der Waals surface area contributed by atoms with Crippen molar-refractivity contribution < 1.29 is 9.84 Å². The van der Waals surface area contributed by atoms with Gasteiger partial charge in [0.05, 0.1) is 12.7 Å². The molecule has 0 aromatic heterocycles. The summed E-state index contributed by atoms with van der Waals surface area (Å²) in [6.45, 7) is 7.58. The third kappa shape index (κ3) is 4.36. The van der Waals surface area contributed by atoms with Gasteiger partial charge in [0, 0.05) is 6.54 Å². The highest BCUT2D eigenvalue weighted by Crippen LogP contribution is 2.22. The van der Waals surface area contributed by atoms with Crippen LogP contribution in [-0.2, 0) is 5.60 Å². The Morgan fingerprint density at radius 1 is 1.29 bits per heavy atom. The molecule has 0 amide bonds. The molecule has 0 heterocycles. The number of benzene rings is 1. The second-order valence-corrected chi connectivity index (χ2v) is 5.03. The standard InChI is InChI=1S/C14H23NO2/c1-11(2)9-15-10-14(3,16)12-5-7-13(17-4)8-6-12/h5-8,11,15-16H,9-10H2,1-4H3. The molecule has 0 radical (unpaired) electrons. The lowest BCUT2D eigenvalue weighted by Gasteiger charge is -2.25. The zero-order valence-corrected chi connectivity index (χ0v) is 11.2. The first-order valence-corrected chi connectivity index (χ1v) is 6.03. The fraction of sp³-hybridized carbons (Fsp3) is 0.571. The Kier molecular flexibility index (Phi) is 4.97. The first-order chi connectivity index (χ1) is 7.95. The molecular formula is C14H23NO2. The molecule has 1 aromatic carbocycles. The van der Waals surface area contributed by atoms with Crippen LogP contribution in [0.2, 0.25) is 0 Å². The van der Waals surface area contributed by atoms with Crippen LogP contribution < -0.4 is 10.1 Å². The van der Waals surface area contributed by atoms with E-state index in [2.05, 4.69) is 19.2 Å². The van der Waals surface area contributed by atoms with E-state index < -0.39 is 5.60 Å². The largest absolute Gasteiger partial charge is 0.497 e. The first-order valence-electron chi connectivity index (χ1n) is 6.03. The van der Waals surface area contributed by atoms with Crippen molar-refractivity contribution >= 4 is 0 Å². The van der Waals surface area contributed by atoms with Crippen LogP contribution in [0.4, 0.5) is 0 Å². The summed E-state index contributed by atoms with van der Waals surface area (Å²) < 4.78 is 5.10. The topological polar surface area (TPSA) is 41.5 Å². The third-order valence-corrected chi connectivity index (χ3v) is 2.73. The Bertz CT molecular complexity index is 331. The molecular weight excluding hydrogens is 214 g/mol. The molecule has 1 atom stereocenters. The number of methoxy groups -OCH3 is 1. The van der Waals surface area contributed by atoms with Gasteiger partial charge in [-0.05, 0) is 37.1 Å². The number of rotatable bonds is 6. The summed E-state index contributed by atoms with van der Waals surface area (Å²) in [6.07, 6.45) is 0. The van der Waals surface area contributed by atoms with Crippen molar-refractivity contribution in [1.29, 1.82) is 0 Å². The number of aliphatic hydroxyl groups is 1. The Morgan fingerprint density at radius 3 is 2.35 bits per heavy atom. The maximum atomic E-state index is 10.4. The summed E-state index contributed by atoms with van der Waals surface area (Å²) in [7, 11) is 1.64. The van der Waals surface area contributed by atoms with E-state index >= 15 is 0 Å². The van der Waals surface area contributed by atoms with Crippen molar-refractivity contribution in [2.75, 3.05) is 20.2 Å². The predicted molar refractivity (Wildman–Crippen MR) is 70.3 cm³/mol. The van der Waals surface area contributed by atoms with E-state index in [0.29, 0.717) is 12.5 Å². The fourth-order valence-electron chi connectivity index (χ4n) is 1.66. The van der Waals surface area contributed by atoms with Gasteiger partial charge >= 0.3 is 0 Å². The minimum absolute atomic E-state index is 0.553. The predicted octanol–water partition coefficient (Wildman–Crippen LogP) is 2.15. The minimum atomic E-state index is -0.846. The quantitative estimate of drug-likeness (QED) is 0.796. The molecule has 0 aliphatic carbocycles. The van der Waals surface area contributed by atoms with Crippen molar-refractivity contribution in [2.45, 2.75) is 26.4 Å². The van der Waals surface area contributed by atoms with Crippen LogP contribution in [0.25, 0.3) is 0 Å². The van der Waals surface area contributed by atoms with Crippen molar-refractivity contribution in [3.63, 3.8) is 0 Å². The Hall–Kier alpha value is -1.06. The summed E-state index contributed by atoms with van der Waals surface area (Å²) in [5.74, 6) is 1.39. The highest BCUT2D eigenvalue weighted by Gasteiger charge is 2.22. The van der Waals surface area contributed by atoms with E-state index in [9.17, 15) is 5.11 Å². The van der Waals surface area contributed by atoms with Gasteiger partial charge in [-0.25, -0.2) is 0 Å².